The number of amides is 2. The molecule has 36 heavy (non-hydrogen) atoms. The molecule has 2 bridgehead atoms. The Morgan fingerprint density at radius 2 is 1.97 bits per heavy atom. The van der Waals surface area contributed by atoms with Gasteiger partial charge in [-0.1, -0.05) is 0 Å². The molecule has 0 saturated carbocycles. The molecule has 194 valence electrons. The van der Waals surface area contributed by atoms with Crippen molar-refractivity contribution >= 4 is 22.0 Å². The summed E-state index contributed by atoms with van der Waals surface area (Å²) in [6.45, 7) is -0.125. The first-order valence-corrected chi connectivity index (χ1v) is 12.4. The van der Waals surface area contributed by atoms with E-state index in [1.807, 2.05) is 0 Å². The van der Waals surface area contributed by atoms with E-state index in [4.69, 9.17) is 14.2 Å². The number of halogens is 1. The Hall–Kier alpha value is -3.33. The van der Waals surface area contributed by atoms with Crippen LogP contribution in [0.25, 0.3) is 0 Å². The summed E-state index contributed by atoms with van der Waals surface area (Å²) in [5.41, 5.74) is -0.183. The predicted octanol–water partition coefficient (Wildman–Crippen LogP) is 1.51. The van der Waals surface area contributed by atoms with Crippen LogP contribution in [0.2, 0.25) is 0 Å². The van der Waals surface area contributed by atoms with E-state index in [1.54, 1.807) is 5.48 Å². The minimum atomic E-state index is -4.28. The van der Waals surface area contributed by atoms with Crippen molar-refractivity contribution in [3.63, 3.8) is 0 Å². The third-order valence-electron chi connectivity index (χ3n) is 6.13. The third-order valence-corrected chi connectivity index (χ3v) is 8.13. The second-order valence-electron chi connectivity index (χ2n) is 8.34. The van der Waals surface area contributed by atoms with Gasteiger partial charge in [0.25, 0.3) is 5.91 Å². The van der Waals surface area contributed by atoms with Crippen molar-refractivity contribution in [2.24, 2.45) is 0 Å². The maximum atomic E-state index is 13.7. The van der Waals surface area contributed by atoms with Gasteiger partial charge in [-0.05, 0) is 43.2 Å². The highest BCUT2D eigenvalue weighted by Gasteiger charge is 2.61. The number of hydrogen-bond donors (Lipinski definition) is 2. The summed E-state index contributed by atoms with van der Waals surface area (Å²) in [5.74, 6) is -0.998. The molecule has 4 rings (SSSR count). The van der Waals surface area contributed by atoms with E-state index < -0.39 is 39.4 Å². The average molecular weight is 525 g/mol. The first-order valence-electron chi connectivity index (χ1n) is 11.0. The first-order chi connectivity index (χ1) is 17.2. The van der Waals surface area contributed by atoms with Crippen LogP contribution in [0.5, 0.6) is 11.6 Å². The minimum Gasteiger partial charge on any atom is -0.447 e. The molecular formula is C22H25FN4O8S. The molecule has 2 N–H and O–H groups in total. The van der Waals surface area contributed by atoms with Gasteiger partial charge in [-0.3, -0.25) is 10.0 Å². The first kappa shape index (κ1) is 25.8. The molecule has 2 fully saturated rings. The number of rotatable bonds is 8. The average Bonchev–Trinajstić information content (AvgIpc) is 3.13. The zero-order chi connectivity index (χ0) is 25.9. The molecule has 14 heteroatoms. The molecule has 0 aliphatic carbocycles. The Morgan fingerprint density at radius 3 is 2.61 bits per heavy atom. The van der Waals surface area contributed by atoms with Crippen molar-refractivity contribution in [1.82, 2.24) is 19.7 Å². The van der Waals surface area contributed by atoms with Crippen molar-refractivity contribution < 1.29 is 41.8 Å². The van der Waals surface area contributed by atoms with Gasteiger partial charge in [0.05, 0.1) is 19.3 Å². The second kappa shape index (κ2) is 10.3. The summed E-state index contributed by atoms with van der Waals surface area (Å²) in [6, 6.07) is 7.10. The zero-order valence-corrected chi connectivity index (χ0v) is 20.1. The third kappa shape index (κ3) is 4.84. The number of fused-ring (bicyclic) bond motifs is 2. The Bertz CT molecular complexity index is 1210. The van der Waals surface area contributed by atoms with Crippen LogP contribution in [-0.2, 0) is 24.3 Å². The predicted molar refractivity (Wildman–Crippen MR) is 120 cm³/mol. The maximum absolute atomic E-state index is 13.7. The Kier molecular flexibility index (Phi) is 7.40. The van der Waals surface area contributed by atoms with Gasteiger partial charge in [0.2, 0.25) is 15.9 Å². The van der Waals surface area contributed by atoms with Crippen molar-refractivity contribution in [1.29, 1.82) is 0 Å². The van der Waals surface area contributed by atoms with Crippen LogP contribution in [0.15, 0.2) is 47.5 Å². The number of piperazine rings is 1. The van der Waals surface area contributed by atoms with Gasteiger partial charge >= 0.3 is 6.09 Å². The highest BCUT2D eigenvalue weighted by molar-refractivity contribution is 7.89. The van der Waals surface area contributed by atoms with E-state index in [-0.39, 0.29) is 49.9 Å². The van der Waals surface area contributed by atoms with E-state index in [2.05, 4.69) is 4.98 Å². The lowest BCUT2D eigenvalue weighted by Gasteiger charge is -2.45. The van der Waals surface area contributed by atoms with Crippen molar-refractivity contribution in [3.8, 4) is 11.6 Å². The number of nitrogens with one attached hydrogen (secondary N) is 1. The van der Waals surface area contributed by atoms with Gasteiger partial charge in [0.15, 0.2) is 0 Å². The monoisotopic (exact) mass is 524 g/mol. The molecule has 2 unspecified atom stereocenters. The lowest BCUT2D eigenvalue weighted by atomic mass is 9.96. The molecule has 0 spiro atoms. The number of carbonyl (C=O) groups is 2. The maximum Gasteiger partial charge on any atom is 0.409 e. The van der Waals surface area contributed by atoms with Gasteiger partial charge in [0, 0.05) is 25.8 Å². The largest absolute Gasteiger partial charge is 0.447 e. The van der Waals surface area contributed by atoms with E-state index in [0.717, 1.165) is 10.5 Å². The normalized spacial score (nSPS) is 21.8. The molecule has 2 saturated heterocycles. The summed E-state index contributed by atoms with van der Waals surface area (Å²) in [6.07, 6.45) is 0.747. The number of aromatic nitrogens is 1. The number of nitrogens with zero attached hydrogens (tertiary/aromatic N) is 3. The lowest BCUT2D eigenvalue weighted by Crippen LogP contribution is -2.69. The van der Waals surface area contributed by atoms with Crippen LogP contribution >= 0.6 is 0 Å². The molecule has 1 aromatic carbocycles. The summed E-state index contributed by atoms with van der Waals surface area (Å²) >= 11 is 0. The molecular weight excluding hydrogens is 499 g/mol. The quantitative estimate of drug-likeness (QED) is 0.298. The van der Waals surface area contributed by atoms with Gasteiger partial charge in [-0.15, -0.1) is 0 Å². The Balaban J connectivity index is 1.58. The highest BCUT2D eigenvalue weighted by atomic mass is 32.2. The highest BCUT2D eigenvalue weighted by Crippen LogP contribution is 2.43. The number of hydroxylamine groups is 1. The molecule has 2 aliphatic heterocycles. The molecule has 2 amide bonds. The Morgan fingerprint density at radius 1 is 1.22 bits per heavy atom. The molecule has 1 aromatic heterocycles. The number of methoxy groups -OCH3 is 1. The van der Waals surface area contributed by atoms with Crippen LogP contribution in [0.4, 0.5) is 9.18 Å². The smallest absolute Gasteiger partial charge is 0.409 e. The number of likely N-dealkylation sites (tertiary alicyclic amines) is 1. The van der Waals surface area contributed by atoms with Crippen LogP contribution in [0, 0.1) is 5.82 Å². The summed E-state index contributed by atoms with van der Waals surface area (Å²) in [4.78, 5) is 30.4. The Labute approximate surface area is 206 Å². The van der Waals surface area contributed by atoms with Gasteiger partial charge in [-0.2, -0.15) is 4.31 Å². The number of carbonyl (C=O) groups excluding carboxylic acids is 2. The second-order valence-corrected chi connectivity index (χ2v) is 10.2. The minimum absolute atomic E-state index is 0.00425. The van der Waals surface area contributed by atoms with Crippen LogP contribution < -0.4 is 10.2 Å². The van der Waals surface area contributed by atoms with E-state index in [0.29, 0.717) is 5.75 Å². The topological polar surface area (TPSA) is 148 Å². The van der Waals surface area contributed by atoms with Gasteiger partial charge in [-0.25, -0.2) is 28.1 Å². The van der Waals surface area contributed by atoms with Crippen LogP contribution in [0.1, 0.15) is 12.8 Å². The number of ether oxygens (including phenoxy) is 3. The van der Waals surface area contributed by atoms with Gasteiger partial charge in [0.1, 0.15) is 28.6 Å². The zero-order valence-electron chi connectivity index (χ0n) is 19.3. The summed E-state index contributed by atoms with van der Waals surface area (Å²) in [5, 5.41) is 9.42. The van der Waals surface area contributed by atoms with Crippen LogP contribution in [0.3, 0.4) is 0 Å². The standard InChI is InChI=1S/C22H25FN4O8S/c1-33-10-11-34-21(29)26-13-16-8-9-22(14-26,20(28)25-30)27(16)36(31,32)18-6-7-19(24-12-18)35-17-4-2-15(23)3-5-17/h2-7,12,16,30H,8-11,13-14H2,1H3,(H,25,28). The number of sulfonamides is 1. The van der Waals surface area contributed by atoms with E-state index in [1.165, 1.54) is 48.4 Å². The number of benzene rings is 1. The number of pyridine rings is 1. The van der Waals surface area contributed by atoms with Crippen molar-refractivity contribution in [3.05, 3.63) is 48.4 Å². The number of hydrogen-bond acceptors (Lipinski definition) is 9. The van der Waals surface area contributed by atoms with E-state index >= 15 is 0 Å². The molecule has 2 aromatic rings. The molecule has 2 atom stereocenters. The summed E-state index contributed by atoms with van der Waals surface area (Å²) < 4.78 is 56.9. The molecule has 2 aliphatic rings. The van der Waals surface area contributed by atoms with Gasteiger partial charge < -0.3 is 19.1 Å². The summed E-state index contributed by atoms with van der Waals surface area (Å²) in [7, 11) is -2.83. The molecule has 12 nitrogen and oxygen atoms in total. The molecule has 3 heterocycles. The van der Waals surface area contributed by atoms with Crippen LogP contribution in [-0.4, -0.2) is 84.8 Å². The van der Waals surface area contributed by atoms with Crippen molar-refractivity contribution in [2.45, 2.75) is 29.3 Å². The fourth-order valence-corrected chi connectivity index (χ4v) is 6.42. The fourth-order valence-electron chi connectivity index (χ4n) is 4.51. The lowest BCUT2D eigenvalue weighted by molar-refractivity contribution is -0.141. The fraction of sp³-hybridized carbons (Fsp3) is 0.409. The SMILES string of the molecule is COCCOC(=O)N1CC2CCC(C(=O)NO)(C1)N2S(=O)(=O)c1ccc(Oc2ccc(F)cc2)nc1. The van der Waals surface area contributed by atoms with Crippen molar-refractivity contribution in [2.75, 3.05) is 33.4 Å². The molecule has 0 radical (unpaired) electrons. The van der Waals surface area contributed by atoms with E-state index in [9.17, 15) is 27.6 Å².